The molecule has 0 unspecified atom stereocenters. The second kappa shape index (κ2) is 5.37. The van der Waals surface area contributed by atoms with E-state index in [0.29, 0.717) is 16.6 Å². The van der Waals surface area contributed by atoms with Crippen LogP contribution in [0.25, 0.3) is 10.2 Å². The number of hydrogen-bond donors (Lipinski definition) is 0. The highest BCUT2D eigenvalue weighted by atomic mass is 35.5. The Morgan fingerprint density at radius 2 is 2.09 bits per heavy atom. The molecule has 0 saturated carbocycles. The highest BCUT2D eigenvalue weighted by Crippen LogP contribution is 2.34. The predicted octanol–water partition coefficient (Wildman–Crippen LogP) is 4.30. The maximum absolute atomic E-state index is 12.8. The van der Waals surface area contributed by atoms with Crippen LogP contribution in [0.15, 0.2) is 29.3 Å². The molecule has 0 fully saturated rings. The van der Waals surface area contributed by atoms with Crippen LogP contribution in [-0.2, 0) is 19.4 Å². The Morgan fingerprint density at radius 1 is 1.23 bits per heavy atom. The van der Waals surface area contributed by atoms with Crippen LogP contribution in [0, 0.1) is 0 Å². The summed E-state index contributed by atoms with van der Waals surface area (Å²) in [7, 11) is 0. The highest BCUT2D eigenvalue weighted by Gasteiger charge is 2.21. The topological polar surface area (TPSA) is 34.9 Å². The minimum Gasteiger partial charge on any atom is -0.294 e. The Bertz CT molecular complexity index is 945. The van der Waals surface area contributed by atoms with Gasteiger partial charge >= 0.3 is 0 Å². The van der Waals surface area contributed by atoms with Crippen molar-refractivity contribution < 1.29 is 0 Å². The van der Waals surface area contributed by atoms with Crippen molar-refractivity contribution in [2.24, 2.45) is 0 Å². The summed E-state index contributed by atoms with van der Waals surface area (Å²) in [6.07, 6.45) is 4.82. The summed E-state index contributed by atoms with van der Waals surface area (Å²) in [5.41, 5.74) is 2.18. The number of aryl methyl sites for hydroxylation is 2. The number of thiophene rings is 1. The molecule has 1 aliphatic rings. The van der Waals surface area contributed by atoms with Crippen LogP contribution in [0.2, 0.25) is 10.0 Å². The van der Waals surface area contributed by atoms with Crippen molar-refractivity contribution >= 4 is 44.8 Å². The summed E-state index contributed by atoms with van der Waals surface area (Å²) in [6, 6.07) is 5.42. The third-order valence-electron chi connectivity index (χ3n) is 4.03. The van der Waals surface area contributed by atoms with Gasteiger partial charge in [0.05, 0.1) is 28.3 Å². The average Bonchev–Trinajstić information content (AvgIpc) is 3.06. The van der Waals surface area contributed by atoms with E-state index in [0.717, 1.165) is 35.0 Å². The molecular formula is C16H12Cl2N2OS. The minimum absolute atomic E-state index is 0.0375. The van der Waals surface area contributed by atoms with E-state index in [1.54, 1.807) is 34.4 Å². The second-order valence-corrected chi connectivity index (χ2v) is 7.36. The molecular weight excluding hydrogens is 339 g/mol. The van der Waals surface area contributed by atoms with Crippen LogP contribution in [0.1, 0.15) is 22.4 Å². The Hall–Kier alpha value is -1.36. The molecule has 1 aromatic carbocycles. The summed E-state index contributed by atoms with van der Waals surface area (Å²) in [5, 5.41) is 1.82. The standard InChI is InChI=1S/C16H12Cl2N2OS/c17-11-5-4-9(6-12(11)18)7-20-8-19-15-14(16(20)21)10-2-1-3-13(10)22-15/h4-6,8H,1-3,7H2. The van der Waals surface area contributed by atoms with Crippen molar-refractivity contribution in [1.82, 2.24) is 9.55 Å². The van der Waals surface area contributed by atoms with Crippen LogP contribution in [0.3, 0.4) is 0 Å². The number of rotatable bonds is 2. The van der Waals surface area contributed by atoms with E-state index in [1.165, 1.54) is 10.4 Å². The Labute approximate surface area is 141 Å². The zero-order chi connectivity index (χ0) is 15.3. The molecule has 0 N–H and O–H groups in total. The zero-order valence-corrected chi connectivity index (χ0v) is 13.9. The van der Waals surface area contributed by atoms with Gasteiger partial charge in [0.1, 0.15) is 4.83 Å². The maximum atomic E-state index is 12.8. The lowest BCUT2D eigenvalue weighted by molar-refractivity contribution is 0.748. The first kappa shape index (κ1) is 14.2. The number of halogens is 2. The van der Waals surface area contributed by atoms with Gasteiger partial charge in [-0.15, -0.1) is 11.3 Å². The van der Waals surface area contributed by atoms with Crippen LogP contribution in [0.4, 0.5) is 0 Å². The third kappa shape index (κ3) is 2.26. The molecule has 0 aliphatic heterocycles. The molecule has 22 heavy (non-hydrogen) atoms. The summed E-state index contributed by atoms with van der Waals surface area (Å²) >= 11 is 13.6. The first-order chi connectivity index (χ1) is 10.6. The highest BCUT2D eigenvalue weighted by molar-refractivity contribution is 7.18. The molecule has 0 atom stereocenters. The van der Waals surface area contributed by atoms with E-state index >= 15 is 0 Å². The monoisotopic (exact) mass is 350 g/mol. The van der Waals surface area contributed by atoms with E-state index in [1.807, 2.05) is 6.07 Å². The molecule has 1 aliphatic carbocycles. The molecule has 0 saturated heterocycles. The summed E-state index contributed by atoms with van der Waals surface area (Å²) in [6.45, 7) is 0.448. The Morgan fingerprint density at radius 3 is 2.91 bits per heavy atom. The first-order valence-corrected chi connectivity index (χ1v) is 8.64. The molecule has 0 radical (unpaired) electrons. The number of hydrogen-bond acceptors (Lipinski definition) is 3. The number of fused-ring (bicyclic) bond motifs is 3. The van der Waals surface area contributed by atoms with Crippen LogP contribution in [0.5, 0.6) is 0 Å². The van der Waals surface area contributed by atoms with Gasteiger partial charge in [-0.05, 0) is 42.5 Å². The number of benzene rings is 1. The van der Waals surface area contributed by atoms with Crippen molar-refractivity contribution in [3.8, 4) is 0 Å². The van der Waals surface area contributed by atoms with E-state index in [-0.39, 0.29) is 5.56 Å². The van der Waals surface area contributed by atoms with Gasteiger partial charge < -0.3 is 0 Å². The quantitative estimate of drug-likeness (QED) is 0.690. The van der Waals surface area contributed by atoms with Gasteiger partial charge in [-0.1, -0.05) is 29.3 Å². The van der Waals surface area contributed by atoms with Gasteiger partial charge in [0.15, 0.2) is 0 Å². The zero-order valence-electron chi connectivity index (χ0n) is 11.6. The lowest BCUT2D eigenvalue weighted by atomic mass is 10.2. The van der Waals surface area contributed by atoms with Gasteiger partial charge in [0.2, 0.25) is 0 Å². The van der Waals surface area contributed by atoms with E-state index in [4.69, 9.17) is 23.2 Å². The van der Waals surface area contributed by atoms with Gasteiger partial charge in [0, 0.05) is 4.88 Å². The average molecular weight is 351 g/mol. The van der Waals surface area contributed by atoms with E-state index in [9.17, 15) is 4.79 Å². The molecule has 6 heteroatoms. The number of aromatic nitrogens is 2. The lowest BCUT2D eigenvalue weighted by Gasteiger charge is -2.07. The molecule has 0 spiro atoms. The van der Waals surface area contributed by atoms with Crippen molar-refractivity contribution in [2.45, 2.75) is 25.8 Å². The number of nitrogens with zero attached hydrogens (tertiary/aromatic N) is 2. The van der Waals surface area contributed by atoms with Crippen LogP contribution < -0.4 is 5.56 Å². The molecule has 2 heterocycles. The molecule has 0 bridgehead atoms. The van der Waals surface area contributed by atoms with Crippen LogP contribution >= 0.6 is 34.5 Å². The SMILES string of the molecule is O=c1c2c3c(sc2ncn1Cc1ccc(Cl)c(Cl)c1)CCC3. The van der Waals surface area contributed by atoms with Gasteiger partial charge in [-0.3, -0.25) is 9.36 Å². The predicted molar refractivity (Wildman–Crippen MR) is 91.5 cm³/mol. The normalized spacial score (nSPS) is 13.7. The van der Waals surface area contributed by atoms with E-state index < -0.39 is 0 Å². The third-order valence-corrected chi connectivity index (χ3v) is 5.97. The molecule has 4 rings (SSSR count). The second-order valence-electron chi connectivity index (χ2n) is 5.46. The maximum Gasteiger partial charge on any atom is 0.262 e. The fourth-order valence-electron chi connectivity index (χ4n) is 2.97. The largest absolute Gasteiger partial charge is 0.294 e. The van der Waals surface area contributed by atoms with Crippen molar-refractivity contribution in [3.63, 3.8) is 0 Å². The first-order valence-electron chi connectivity index (χ1n) is 7.07. The lowest BCUT2D eigenvalue weighted by Crippen LogP contribution is -2.21. The minimum atomic E-state index is 0.0375. The molecule has 3 aromatic rings. The summed E-state index contributed by atoms with van der Waals surface area (Å²) in [4.78, 5) is 19.4. The Balaban J connectivity index is 1.80. The van der Waals surface area contributed by atoms with Crippen molar-refractivity contribution in [2.75, 3.05) is 0 Å². The Kier molecular flexibility index (Phi) is 3.48. The van der Waals surface area contributed by atoms with Gasteiger partial charge in [-0.25, -0.2) is 4.98 Å². The molecule has 3 nitrogen and oxygen atoms in total. The summed E-state index contributed by atoms with van der Waals surface area (Å²) in [5.74, 6) is 0. The van der Waals surface area contributed by atoms with Gasteiger partial charge in [-0.2, -0.15) is 0 Å². The van der Waals surface area contributed by atoms with Crippen molar-refractivity contribution in [1.29, 1.82) is 0 Å². The molecule has 112 valence electrons. The fraction of sp³-hybridized carbons (Fsp3) is 0.250. The smallest absolute Gasteiger partial charge is 0.262 e. The van der Waals surface area contributed by atoms with Crippen LogP contribution in [-0.4, -0.2) is 9.55 Å². The summed E-state index contributed by atoms with van der Waals surface area (Å²) < 4.78 is 1.65. The van der Waals surface area contributed by atoms with Gasteiger partial charge in [0.25, 0.3) is 5.56 Å². The van der Waals surface area contributed by atoms with Crippen molar-refractivity contribution in [3.05, 3.63) is 60.9 Å². The molecule has 0 amide bonds. The molecule has 2 aromatic heterocycles. The van der Waals surface area contributed by atoms with E-state index in [2.05, 4.69) is 4.98 Å². The fourth-order valence-corrected chi connectivity index (χ4v) is 4.51.